The van der Waals surface area contributed by atoms with Crippen LogP contribution in [-0.2, 0) is 4.79 Å². The fourth-order valence-electron chi connectivity index (χ4n) is 2.91. The predicted octanol–water partition coefficient (Wildman–Crippen LogP) is 4.08. The number of amides is 1. The molecule has 0 bridgehead atoms. The van der Waals surface area contributed by atoms with Gasteiger partial charge in [0, 0.05) is 24.5 Å². The van der Waals surface area contributed by atoms with E-state index in [4.69, 9.17) is 4.74 Å². The molecule has 4 nitrogen and oxygen atoms in total. The highest BCUT2D eigenvalue weighted by Crippen LogP contribution is 2.22. The second-order valence-corrected chi connectivity index (χ2v) is 6.16. The van der Waals surface area contributed by atoms with Crippen molar-refractivity contribution in [2.24, 2.45) is 0 Å². The number of nitrogens with one attached hydrogen (secondary N) is 1. The van der Waals surface area contributed by atoms with Crippen molar-refractivity contribution in [3.05, 3.63) is 54.6 Å². The third kappa shape index (κ3) is 4.28. The van der Waals surface area contributed by atoms with E-state index in [2.05, 4.69) is 22.3 Å². The number of carbonyl (C=O) groups is 1. The Morgan fingerprint density at radius 3 is 2.33 bits per heavy atom. The second kappa shape index (κ2) is 7.86. The van der Waals surface area contributed by atoms with Crippen molar-refractivity contribution in [3.63, 3.8) is 0 Å². The highest BCUT2D eigenvalue weighted by Gasteiger charge is 2.15. The number of para-hydroxylation sites is 1. The number of carbonyl (C=O) groups excluding carboxylic acids is 1. The van der Waals surface area contributed by atoms with Gasteiger partial charge in [-0.05, 0) is 62.6 Å². The van der Waals surface area contributed by atoms with Crippen LogP contribution < -0.4 is 15.0 Å². The molecule has 1 amide bonds. The Kier molecular flexibility index (Phi) is 5.36. The molecule has 24 heavy (non-hydrogen) atoms. The Bertz CT molecular complexity index is 649. The largest absolute Gasteiger partial charge is 0.481 e. The van der Waals surface area contributed by atoms with Gasteiger partial charge in [-0.2, -0.15) is 0 Å². The van der Waals surface area contributed by atoms with Crippen molar-refractivity contribution in [2.75, 3.05) is 23.3 Å². The number of hydrogen-bond acceptors (Lipinski definition) is 3. The fraction of sp³-hybridized carbons (Fsp3) is 0.350. The van der Waals surface area contributed by atoms with Crippen LogP contribution in [0.5, 0.6) is 5.75 Å². The topological polar surface area (TPSA) is 41.6 Å². The van der Waals surface area contributed by atoms with E-state index in [1.54, 1.807) is 6.92 Å². The van der Waals surface area contributed by atoms with Crippen LogP contribution >= 0.6 is 0 Å². The molecule has 1 heterocycles. The van der Waals surface area contributed by atoms with Crippen LogP contribution in [0.4, 0.5) is 11.4 Å². The second-order valence-electron chi connectivity index (χ2n) is 6.16. The summed E-state index contributed by atoms with van der Waals surface area (Å²) in [4.78, 5) is 14.7. The molecular formula is C20H24N2O2. The van der Waals surface area contributed by atoms with Crippen LogP contribution in [-0.4, -0.2) is 25.1 Å². The van der Waals surface area contributed by atoms with E-state index in [-0.39, 0.29) is 5.91 Å². The van der Waals surface area contributed by atoms with Gasteiger partial charge >= 0.3 is 0 Å². The third-order valence-corrected chi connectivity index (χ3v) is 4.28. The van der Waals surface area contributed by atoms with Crippen molar-refractivity contribution < 1.29 is 9.53 Å². The van der Waals surface area contributed by atoms with Gasteiger partial charge < -0.3 is 15.0 Å². The summed E-state index contributed by atoms with van der Waals surface area (Å²) in [5, 5.41) is 2.91. The first-order chi connectivity index (χ1) is 11.7. The molecule has 1 aliphatic heterocycles. The lowest BCUT2D eigenvalue weighted by atomic mass is 10.1. The summed E-state index contributed by atoms with van der Waals surface area (Å²) in [6, 6.07) is 17.4. The molecule has 0 radical (unpaired) electrons. The molecule has 0 aliphatic carbocycles. The van der Waals surface area contributed by atoms with Gasteiger partial charge in [-0.3, -0.25) is 4.79 Å². The van der Waals surface area contributed by atoms with Gasteiger partial charge in [0.15, 0.2) is 6.10 Å². The van der Waals surface area contributed by atoms with Gasteiger partial charge in [0.25, 0.3) is 5.91 Å². The van der Waals surface area contributed by atoms with E-state index in [1.807, 2.05) is 42.5 Å². The predicted molar refractivity (Wildman–Crippen MR) is 97.7 cm³/mol. The summed E-state index contributed by atoms with van der Waals surface area (Å²) in [6.07, 6.45) is 3.29. The average Bonchev–Trinajstić information content (AvgIpc) is 2.64. The maximum absolute atomic E-state index is 12.3. The quantitative estimate of drug-likeness (QED) is 0.901. The number of rotatable bonds is 5. The number of anilines is 2. The zero-order valence-electron chi connectivity index (χ0n) is 14.1. The third-order valence-electron chi connectivity index (χ3n) is 4.28. The van der Waals surface area contributed by atoms with Crippen molar-refractivity contribution >= 4 is 17.3 Å². The van der Waals surface area contributed by atoms with Crippen molar-refractivity contribution in [2.45, 2.75) is 32.3 Å². The average molecular weight is 324 g/mol. The minimum absolute atomic E-state index is 0.149. The van der Waals surface area contributed by atoms with Gasteiger partial charge in [0.05, 0.1) is 0 Å². The standard InChI is InChI=1S/C20H24N2O2/c1-16(24-19-8-4-2-5-9-19)20(23)21-17-10-12-18(13-11-17)22-14-6-3-7-15-22/h2,4-5,8-13,16H,3,6-7,14-15H2,1H3,(H,21,23)/t16-/m1/s1. The van der Waals surface area contributed by atoms with E-state index >= 15 is 0 Å². The summed E-state index contributed by atoms with van der Waals surface area (Å²) in [6.45, 7) is 3.99. The normalized spacial score (nSPS) is 15.6. The SMILES string of the molecule is C[C@@H](Oc1ccccc1)C(=O)Nc1ccc(N2CCCCC2)cc1. The number of benzene rings is 2. The lowest BCUT2D eigenvalue weighted by molar-refractivity contribution is -0.122. The van der Waals surface area contributed by atoms with Crippen molar-refractivity contribution in [3.8, 4) is 5.75 Å². The summed E-state index contributed by atoms with van der Waals surface area (Å²) in [5.74, 6) is 0.546. The molecule has 1 aliphatic rings. The van der Waals surface area contributed by atoms with E-state index in [9.17, 15) is 4.79 Å². The lowest BCUT2D eigenvalue weighted by Crippen LogP contribution is -2.30. The van der Waals surface area contributed by atoms with Gasteiger partial charge in [0.2, 0.25) is 0 Å². The van der Waals surface area contributed by atoms with Crippen molar-refractivity contribution in [1.82, 2.24) is 0 Å². The molecule has 2 aromatic rings. The summed E-state index contributed by atoms with van der Waals surface area (Å²) >= 11 is 0. The van der Waals surface area contributed by atoms with Crippen LogP contribution in [0.3, 0.4) is 0 Å². The zero-order valence-corrected chi connectivity index (χ0v) is 14.1. The van der Waals surface area contributed by atoms with Gasteiger partial charge in [0.1, 0.15) is 5.75 Å². The Hall–Kier alpha value is -2.49. The molecule has 1 fully saturated rings. The Balaban J connectivity index is 1.55. The highest BCUT2D eigenvalue weighted by atomic mass is 16.5. The zero-order chi connectivity index (χ0) is 16.8. The summed E-state index contributed by atoms with van der Waals surface area (Å²) in [7, 11) is 0. The van der Waals surface area contributed by atoms with Crippen LogP contribution in [0.15, 0.2) is 54.6 Å². The molecular weight excluding hydrogens is 300 g/mol. The minimum Gasteiger partial charge on any atom is -0.481 e. The van der Waals surface area contributed by atoms with Crippen LogP contribution in [0, 0.1) is 0 Å². The number of piperidine rings is 1. The molecule has 0 aromatic heterocycles. The van der Waals surface area contributed by atoms with Crippen LogP contribution in [0.1, 0.15) is 26.2 Å². The maximum atomic E-state index is 12.3. The molecule has 1 N–H and O–H groups in total. The van der Waals surface area contributed by atoms with Gasteiger partial charge in [-0.25, -0.2) is 0 Å². The minimum atomic E-state index is -0.547. The summed E-state index contributed by atoms with van der Waals surface area (Å²) in [5.41, 5.74) is 2.02. The van der Waals surface area contributed by atoms with E-state index in [1.165, 1.54) is 24.9 Å². The molecule has 1 saturated heterocycles. The lowest BCUT2D eigenvalue weighted by Gasteiger charge is -2.28. The molecule has 0 saturated carbocycles. The molecule has 0 unspecified atom stereocenters. The first kappa shape index (κ1) is 16.4. The smallest absolute Gasteiger partial charge is 0.265 e. The highest BCUT2D eigenvalue weighted by molar-refractivity contribution is 5.94. The summed E-state index contributed by atoms with van der Waals surface area (Å²) < 4.78 is 5.65. The van der Waals surface area contributed by atoms with E-state index in [0.29, 0.717) is 5.75 Å². The number of ether oxygens (including phenoxy) is 1. The molecule has 4 heteroatoms. The van der Waals surface area contributed by atoms with Crippen molar-refractivity contribution in [1.29, 1.82) is 0 Å². The Morgan fingerprint density at radius 2 is 1.67 bits per heavy atom. The number of nitrogens with zero attached hydrogens (tertiary/aromatic N) is 1. The fourth-order valence-corrected chi connectivity index (χ4v) is 2.91. The molecule has 3 rings (SSSR count). The van der Waals surface area contributed by atoms with Crippen LogP contribution in [0.2, 0.25) is 0 Å². The van der Waals surface area contributed by atoms with Gasteiger partial charge in [-0.15, -0.1) is 0 Å². The van der Waals surface area contributed by atoms with Gasteiger partial charge in [-0.1, -0.05) is 18.2 Å². The molecule has 0 spiro atoms. The molecule has 126 valence electrons. The number of hydrogen-bond donors (Lipinski definition) is 1. The Morgan fingerprint density at radius 1 is 1.00 bits per heavy atom. The van der Waals surface area contributed by atoms with E-state index < -0.39 is 6.10 Å². The molecule has 2 aromatic carbocycles. The monoisotopic (exact) mass is 324 g/mol. The Labute approximate surface area is 143 Å². The van der Waals surface area contributed by atoms with Crippen LogP contribution in [0.25, 0.3) is 0 Å². The maximum Gasteiger partial charge on any atom is 0.265 e. The van der Waals surface area contributed by atoms with E-state index in [0.717, 1.165) is 18.8 Å². The molecule has 1 atom stereocenters. The first-order valence-electron chi connectivity index (χ1n) is 8.60. The first-order valence-corrected chi connectivity index (χ1v) is 8.60.